The number of methoxy groups -OCH3 is 2. The van der Waals surface area contributed by atoms with Crippen molar-refractivity contribution in [3.05, 3.63) is 23.8 Å². The Hall–Kier alpha value is -2.77. The molecule has 0 spiro atoms. The van der Waals surface area contributed by atoms with Crippen molar-refractivity contribution < 1.29 is 28.6 Å². The molecule has 0 aromatic heterocycles. The third-order valence-corrected chi connectivity index (χ3v) is 4.02. The smallest absolute Gasteiger partial charge is 0.310 e. The third kappa shape index (κ3) is 4.62. The van der Waals surface area contributed by atoms with Crippen LogP contribution >= 0.6 is 0 Å². The standard InChI is InChI=1S/C17H22N2O6/c1-23-14-8-11(5-6-13(14)25-10-15(18)20)16(21)19-7-3-4-12(9-19)17(22)24-2/h5-6,8,12H,3-4,7,9-10H2,1-2H3,(H2,18,20). The van der Waals surface area contributed by atoms with Crippen LogP contribution in [0, 0.1) is 5.92 Å². The molecule has 0 radical (unpaired) electrons. The summed E-state index contributed by atoms with van der Waals surface area (Å²) in [6.07, 6.45) is 1.45. The van der Waals surface area contributed by atoms with Gasteiger partial charge in [0.2, 0.25) is 0 Å². The summed E-state index contributed by atoms with van der Waals surface area (Å²) in [6.45, 7) is 0.624. The average molecular weight is 350 g/mol. The SMILES string of the molecule is COC(=O)C1CCCN(C(=O)c2ccc(OCC(N)=O)c(OC)c2)C1. The Morgan fingerprint density at radius 3 is 2.64 bits per heavy atom. The highest BCUT2D eigenvalue weighted by Crippen LogP contribution is 2.29. The van der Waals surface area contributed by atoms with Crippen LogP contribution in [0.1, 0.15) is 23.2 Å². The number of likely N-dealkylation sites (tertiary alicyclic amines) is 1. The first-order valence-corrected chi connectivity index (χ1v) is 7.92. The van der Waals surface area contributed by atoms with Crippen LogP contribution in [0.4, 0.5) is 0 Å². The molecule has 1 atom stereocenters. The second-order valence-electron chi connectivity index (χ2n) is 5.73. The zero-order valence-corrected chi connectivity index (χ0v) is 14.3. The molecule has 0 saturated carbocycles. The van der Waals surface area contributed by atoms with Crippen LogP contribution in [0.2, 0.25) is 0 Å². The molecule has 1 aromatic rings. The van der Waals surface area contributed by atoms with Crippen LogP contribution in [0.5, 0.6) is 11.5 Å². The Balaban J connectivity index is 2.13. The number of piperidine rings is 1. The third-order valence-electron chi connectivity index (χ3n) is 4.02. The number of ether oxygens (including phenoxy) is 3. The van der Waals surface area contributed by atoms with Crippen molar-refractivity contribution in [2.24, 2.45) is 11.7 Å². The number of carbonyl (C=O) groups is 3. The largest absolute Gasteiger partial charge is 0.493 e. The van der Waals surface area contributed by atoms with Gasteiger partial charge in [0.25, 0.3) is 11.8 Å². The van der Waals surface area contributed by atoms with E-state index in [1.807, 2.05) is 0 Å². The maximum absolute atomic E-state index is 12.7. The van der Waals surface area contributed by atoms with Gasteiger partial charge in [0, 0.05) is 18.7 Å². The van der Waals surface area contributed by atoms with Gasteiger partial charge in [0.15, 0.2) is 18.1 Å². The monoisotopic (exact) mass is 350 g/mol. The van der Waals surface area contributed by atoms with Crippen molar-refractivity contribution in [1.29, 1.82) is 0 Å². The Kier molecular flexibility index (Phi) is 6.21. The minimum Gasteiger partial charge on any atom is -0.493 e. The lowest BCUT2D eigenvalue weighted by Crippen LogP contribution is -2.42. The number of primary amides is 1. The lowest BCUT2D eigenvalue weighted by atomic mass is 9.97. The van der Waals surface area contributed by atoms with Gasteiger partial charge >= 0.3 is 5.97 Å². The van der Waals surface area contributed by atoms with Crippen molar-refractivity contribution >= 4 is 17.8 Å². The molecule has 1 fully saturated rings. The first kappa shape index (κ1) is 18.6. The van der Waals surface area contributed by atoms with Gasteiger partial charge in [-0.15, -0.1) is 0 Å². The van der Waals surface area contributed by atoms with Crippen LogP contribution < -0.4 is 15.2 Å². The molecule has 1 aliphatic heterocycles. The van der Waals surface area contributed by atoms with Crippen LogP contribution in [-0.2, 0) is 14.3 Å². The number of hydrogen-bond acceptors (Lipinski definition) is 6. The highest BCUT2D eigenvalue weighted by molar-refractivity contribution is 5.95. The Morgan fingerprint density at radius 1 is 1.24 bits per heavy atom. The lowest BCUT2D eigenvalue weighted by Gasteiger charge is -2.31. The number of nitrogens with zero attached hydrogens (tertiary/aromatic N) is 1. The fourth-order valence-corrected chi connectivity index (χ4v) is 2.77. The van der Waals surface area contributed by atoms with E-state index in [9.17, 15) is 14.4 Å². The minimum absolute atomic E-state index is 0.201. The molecule has 1 aliphatic rings. The second-order valence-corrected chi connectivity index (χ2v) is 5.73. The summed E-state index contributed by atoms with van der Waals surface area (Å²) >= 11 is 0. The van der Waals surface area contributed by atoms with Gasteiger partial charge in [-0.05, 0) is 31.0 Å². The molecule has 0 bridgehead atoms. The van der Waals surface area contributed by atoms with Gasteiger partial charge in [-0.2, -0.15) is 0 Å². The number of carbonyl (C=O) groups excluding carboxylic acids is 3. The molecule has 2 amide bonds. The summed E-state index contributed by atoms with van der Waals surface area (Å²) in [6, 6.07) is 4.68. The number of benzene rings is 1. The molecule has 1 saturated heterocycles. The summed E-state index contributed by atoms with van der Waals surface area (Å²) in [5.41, 5.74) is 5.46. The van der Waals surface area contributed by atoms with E-state index in [1.165, 1.54) is 14.2 Å². The summed E-state index contributed by atoms with van der Waals surface area (Å²) in [5.74, 6) is -0.761. The Labute approximate surface area is 145 Å². The van der Waals surface area contributed by atoms with Gasteiger partial charge < -0.3 is 24.8 Å². The summed E-state index contributed by atoms with van der Waals surface area (Å²) in [5, 5.41) is 0. The summed E-state index contributed by atoms with van der Waals surface area (Å²) in [4.78, 5) is 36.9. The summed E-state index contributed by atoms with van der Waals surface area (Å²) in [7, 11) is 2.79. The molecule has 2 N–H and O–H groups in total. The first-order valence-electron chi connectivity index (χ1n) is 7.92. The second kappa shape index (κ2) is 8.36. The number of nitrogens with two attached hydrogens (primary N) is 1. The molecular weight excluding hydrogens is 328 g/mol. The quantitative estimate of drug-likeness (QED) is 0.752. The van der Waals surface area contributed by atoms with Gasteiger partial charge in [0.1, 0.15) is 0 Å². The van der Waals surface area contributed by atoms with Crippen molar-refractivity contribution in [3.63, 3.8) is 0 Å². The molecule has 2 rings (SSSR count). The summed E-state index contributed by atoms with van der Waals surface area (Å²) < 4.78 is 15.2. The number of amides is 2. The Bertz CT molecular complexity index is 661. The number of rotatable bonds is 6. The van der Waals surface area contributed by atoms with Crippen LogP contribution in [0.25, 0.3) is 0 Å². The number of esters is 1. The van der Waals surface area contributed by atoms with E-state index in [4.69, 9.17) is 19.9 Å². The molecule has 136 valence electrons. The molecule has 25 heavy (non-hydrogen) atoms. The van der Waals surface area contributed by atoms with Gasteiger partial charge in [0.05, 0.1) is 20.1 Å². The molecule has 0 aliphatic carbocycles. The van der Waals surface area contributed by atoms with Crippen molar-refractivity contribution in [3.8, 4) is 11.5 Å². The molecule has 1 aromatic carbocycles. The van der Waals surface area contributed by atoms with E-state index in [1.54, 1.807) is 23.1 Å². The van der Waals surface area contributed by atoms with E-state index in [0.29, 0.717) is 36.6 Å². The van der Waals surface area contributed by atoms with E-state index in [-0.39, 0.29) is 24.4 Å². The number of hydrogen-bond donors (Lipinski definition) is 1. The van der Waals surface area contributed by atoms with E-state index in [2.05, 4.69) is 0 Å². The fourth-order valence-electron chi connectivity index (χ4n) is 2.77. The molecule has 1 heterocycles. The predicted molar refractivity (Wildman–Crippen MR) is 88.3 cm³/mol. The van der Waals surface area contributed by atoms with E-state index in [0.717, 1.165) is 6.42 Å². The van der Waals surface area contributed by atoms with Crippen LogP contribution in [0.3, 0.4) is 0 Å². The van der Waals surface area contributed by atoms with Gasteiger partial charge in [-0.3, -0.25) is 14.4 Å². The average Bonchev–Trinajstić information content (AvgIpc) is 2.64. The van der Waals surface area contributed by atoms with Crippen LogP contribution in [-0.4, -0.2) is 56.6 Å². The molecule has 8 heteroatoms. The normalized spacial score (nSPS) is 16.9. The molecular formula is C17H22N2O6. The van der Waals surface area contributed by atoms with Crippen molar-refractivity contribution in [1.82, 2.24) is 4.90 Å². The van der Waals surface area contributed by atoms with E-state index < -0.39 is 5.91 Å². The maximum Gasteiger partial charge on any atom is 0.310 e. The first-order chi connectivity index (χ1) is 12.0. The van der Waals surface area contributed by atoms with E-state index >= 15 is 0 Å². The zero-order chi connectivity index (χ0) is 18.4. The van der Waals surface area contributed by atoms with Crippen LogP contribution in [0.15, 0.2) is 18.2 Å². The Morgan fingerprint density at radius 2 is 2.00 bits per heavy atom. The van der Waals surface area contributed by atoms with Crippen molar-refractivity contribution in [2.45, 2.75) is 12.8 Å². The maximum atomic E-state index is 12.7. The predicted octanol–water partition coefficient (Wildman–Crippen LogP) is 0.584. The van der Waals surface area contributed by atoms with Gasteiger partial charge in [-0.1, -0.05) is 0 Å². The highest BCUT2D eigenvalue weighted by Gasteiger charge is 2.29. The lowest BCUT2D eigenvalue weighted by molar-refractivity contribution is -0.146. The van der Waals surface area contributed by atoms with Gasteiger partial charge in [-0.25, -0.2) is 0 Å². The zero-order valence-electron chi connectivity index (χ0n) is 14.3. The molecule has 1 unspecified atom stereocenters. The molecule has 8 nitrogen and oxygen atoms in total. The highest BCUT2D eigenvalue weighted by atomic mass is 16.5. The fraction of sp³-hybridized carbons (Fsp3) is 0.471. The van der Waals surface area contributed by atoms with Crippen molar-refractivity contribution in [2.75, 3.05) is 33.9 Å². The topological polar surface area (TPSA) is 108 Å². The minimum atomic E-state index is -0.607.